The molecule has 0 aromatic heterocycles. The Bertz CT molecular complexity index is 597. The normalized spacial score (nSPS) is 10.0. The van der Waals surface area contributed by atoms with Crippen molar-refractivity contribution in [1.82, 2.24) is 0 Å². The Kier molecular flexibility index (Phi) is 4.06. The molecule has 1 amide bonds. The fourth-order valence-corrected chi connectivity index (χ4v) is 1.88. The quantitative estimate of drug-likeness (QED) is 0.853. The van der Waals surface area contributed by atoms with Crippen LogP contribution in [0.2, 0.25) is 0 Å². The molecule has 0 unspecified atom stereocenters. The summed E-state index contributed by atoms with van der Waals surface area (Å²) < 4.78 is 5.99. The first-order chi connectivity index (χ1) is 9.10. The molecule has 3 N–H and O–H groups in total. The van der Waals surface area contributed by atoms with Crippen LogP contribution in [-0.4, -0.2) is 13.0 Å². The fraction of sp³-hybridized carbons (Fsp3) is 0.0714. The highest BCUT2D eigenvalue weighted by atomic mass is 79.9. The number of nitrogens with one attached hydrogen (secondary N) is 1. The van der Waals surface area contributed by atoms with E-state index in [1.165, 1.54) is 0 Å². The van der Waals surface area contributed by atoms with Crippen LogP contribution in [-0.2, 0) is 0 Å². The Hall–Kier alpha value is -2.01. The lowest BCUT2D eigenvalue weighted by atomic mass is 10.2. The van der Waals surface area contributed by atoms with Crippen molar-refractivity contribution in [2.45, 2.75) is 0 Å². The van der Waals surface area contributed by atoms with Gasteiger partial charge in [-0.15, -0.1) is 0 Å². The summed E-state index contributed by atoms with van der Waals surface area (Å²) >= 11 is 3.32. The van der Waals surface area contributed by atoms with Gasteiger partial charge in [-0.05, 0) is 42.5 Å². The zero-order valence-corrected chi connectivity index (χ0v) is 11.9. The highest BCUT2D eigenvalue weighted by Crippen LogP contribution is 2.24. The molecule has 0 spiro atoms. The number of anilines is 2. The van der Waals surface area contributed by atoms with E-state index in [4.69, 9.17) is 10.5 Å². The van der Waals surface area contributed by atoms with Crippen molar-refractivity contribution in [3.8, 4) is 5.75 Å². The minimum atomic E-state index is -0.183. The maximum Gasteiger partial charge on any atom is 0.255 e. The Labute approximate surface area is 119 Å². The van der Waals surface area contributed by atoms with Gasteiger partial charge in [-0.2, -0.15) is 0 Å². The van der Waals surface area contributed by atoms with Crippen molar-refractivity contribution in [1.29, 1.82) is 0 Å². The van der Waals surface area contributed by atoms with Crippen LogP contribution in [0.5, 0.6) is 5.75 Å². The Morgan fingerprint density at radius 1 is 1.21 bits per heavy atom. The van der Waals surface area contributed by atoms with Gasteiger partial charge in [0.2, 0.25) is 0 Å². The number of carbonyl (C=O) groups excluding carboxylic acids is 1. The molecule has 0 saturated heterocycles. The van der Waals surface area contributed by atoms with Crippen LogP contribution in [0.25, 0.3) is 0 Å². The summed E-state index contributed by atoms with van der Waals surface area (Å²) in [6, 6.07) is 12.2. The minimum Gasteiger partial charge on any atom is -0.495 e. The van der Waals surface area contributed by atoms with E-state index in [9.17, 15) is 4.79 Å². The average molecular weight is 321 g/mol. The molecule has 0 aliphatic heterocycles. The number of halogens is 1. The molecule has 2 aromatic rings. The van der Waals surface area contributed by atoms with Gasteiger partial charge in [-0.1, -0.05) is 15.9 Å². The molecule has 98 valence electrons. The van der Waals surface area contributed by atoms with E-state index in [1.54, 1.807) is 37.4 Å². The van der Waals surface area contributed by atoms with Gasteiger partial charge in [0.15, 0.2) is 0 Å². The number of amides is 1. The highest BCUT2D eigenvalue weighted by molar-refractivity contribution is 9.10. The van der Waals surface area contributed by atoms with E-state index in [0.717, 1.165) is 4.47 Å². The van der Waals surface area contributed by atoms with Crippen molar-refractivity contribution in [2.75, 3.05) is 18.2 Å². The molecule has 0 aliphatic rings. The second kappa shape index (κ2) is 5.75. The van der Waals surface area contributed by atoms with Crippen LogP contribution >= 0.6 is 15.9 Å². The van der Waals surface area contributed by atoms with Gasteiger partial charge >= 0.3 is 0 Å². The predicted molar refractivity (Wildman–Crippen MR) is 79.5 cm³/mol. The lowest BCUT2D eigenvalue weighted by Gasteiger charge is -2.09. The van der Waals surface area contributed by atoms with E-state index < -0.39 is 0 Å². The molecule has 2 rings (SSSR count). The molecule has 0 atom stereocenters. The van der Waals surface area contributed by atoms with Crippen molar-refractivity contribution >= 4 is 33.2 Å². The molecule has 0 aliphatic carbocycles. The topological polar surface area (TPSA) is 64.3 Å². The summed E-state index contributed by atoms with van der Waals surface area (Å²) in [5.74, 6) is 0.402. The van der Waals surface area contributed by atoms with Crippen LogP contribution in [0.1, 0.15) is 10.4 Å². The third kappa shape index (κ3) is 3.26. The number of hydrogen-bond acceptors (Lipinski definition) is 3. The maximum absolute atomic E-state index is 12.0. The van der Waals surface area contributed by atoms with Gasteiger partial charge in [-0.25, -0.2) is 0 Å². The molecular weight excluding hydrogens is 308 g/mol. The average Bonchev–Trinajstić information content (AvgIpc) is 2.39. The summed E-state index contributed by atoms with van der Waals surface area (Å²) in [7, 11) is 1.55. The van der Waals surface area contributed by atoms with Gasteiger partial charge in [0.25, 0.3) is 5.91 Å². The molecular formula is C14H13BrN2O2. The Morgan fingerprint density at radius 3 is 2.47 bits per heavy atom. The van der Waals surface area contributed by atoms with E-state index in [2.05, 4.69) is 21.2 Å². The lowest BCUT2D eigenvalue weighted by Crippen LogP contribution is -2.11. The number of carbonyl (C=O) groups is 1. The van der Waals surface area contributed by atoms with Gasteiger partial charge < -0.3 is 15.8 Å². The number of methoxy groups -OCH3 is 1. The first-order valence-corrected chi connectivity index (χ1v) is 6.40. The first kappa shape index (κ1) is 13.4. The van der Waals surface area contributed by atoms with Crippen LogP contribution in [0, 0.1) is 0 Å². The first-order valence-electron chi connectivity index (χ1n) is 5.60. The maximum atomic E-state index is 12.0. The molecule has 19 heavy (non-hydrogen) atoms. The minimum absolute atomic E-state index is 0.183. The zero-order chi connectivity index (χ0) is 13.8. The number of benzene rings is 2. The molecule has 2 aromatic carbocycles. The van der Waals surface area contributed by atoms with Crippen molar-refractivity contribution in [2.24, 2.45) is 0 Å². The third-order valence-corrected chi connectivity index (χ3v) is 3.12. The van der Waals surface area contributed by atoms with E-state index in [1.807, 2.05) is 12.1 Å². The standard InChI is InChI=1S/C14H13BrN2O2/c1-19-13-7-6-11(8-12(13)16)17-14(18)9-2-4-10(15)5-3-9/h2-8H,16H2,1H3,(H,17,18). The van der Waals surface area contributed by atoms with Crippen LogP contribution in [0.4, 0.5) is 11.4 Å². The number of nitrogen functional groups attached to an aromatic ring is 1. The molecule has 0 bridgehead atoms. The van der Waals surface area contributed by atoms with Gasteiger partial charge in [0.05, 0.1) is 12.8 Å². The predicted octanol–water partition coefficient (Wildman–Crippen LogP) is 3.29. The smallest absolute Gasteiger partial charge is 0.255 e. The molecule has 0 radical (unpaired) electrons. The van der Waals surface area contributed by atoms with E-state index in [0.29, 0.717) is 22.7 Å². The molecule has 5 heteroatoms. The van der Waals surface area contributed by atoms with Crippen LogP contribution in [0.3, 0.4) is 0 Å². The zero-order valence-electron chi connectivity index (χ0n) is 10.3. The summed E-state index contributed by atoms with van der Waals surface area (Å²) in [5, 5.41) is 2.78. The number of nitrogens with two attached hydrogens (primary N) is 1. The Balaban J connectivity index is 2.14. The molecule has 4 nitrogen and oxygen atoms in total. The second-order valence-electron chi connectivity index (χ2n) is 3.92. The number of ether oxygens (including phenoxy) is 1. The second-order valence-corrected chi connectivity index (χ2v) is 4.83. The fourth-order valence-electron chi connectivity index (χ4n) is 1.62. The van der Waals surface area contributed by atoms with Crippen molar-refractivity contribution in [3.63, 3.8) is 0 Å². The lowest BCUT2D eigenvalue weighted by molar-refractivity contribution is 0.102. The largest absolute Gasteiger partial charge is 0.495 e. The monoisotopic (exact) mass is 320 g/mol. The van der Waals surface area contributed by atoms with Crippen molar-refractivity contribution in [3.05, 3.63) is 52.5 Å². The van der Waals surface area contributed by atoms with Crippen LogP contribution < -0.4 is 15.8 Å². The van der Waals surface area contributed by atoms with Gasteiger partial charge in [-0.3, -0.25) is 4.79 Å². The van der Waals surface area contributed by atoms with Crippen LogP contribution in [0.15, 0.2) is 46.9 Å². The third-order valence-electron chi connectivity index (χ3n) is 2.59. The number of hydrogen-bond donors (Lipinski definition) is 2. The molecule has 0 heterocycles. The summed E-state index contributed by atoms with van der Waals surface area (Å²) in [5.41, 5.74) is 7.48. The summed E-state index contributed by atoms with van der Waals surface area (Å²) in [6.07, 6.45) is 0. The van der Waals surface area contributed by atoms with Gasteiger partial charge in [0.1, 0.15) is 5.75 Å². The Morgan fingerprint density at radius 2 is 1.89 bits per heavy atom. The summed E-state index contributed by atoms with van der Waals surface area (Å²) in [4.78, 5) is 12.0. The SMILES string of the molecule is COc1ccc(NC(=O)c2ccc(Br)cc2)cc1N. The van der Waals surface area contributed by atoms with Crippen molar-refractivity contribution < 1.29 is 9.53 Å². The highest BCUT2D eigenvalue weighted by Gasteiger charge is 2.07. The van der Waals surface area contributed by atoms with E-state index >= 15 is 0 Å². The number of rotatable bonds is 3. The van der Waals surface area contributed by atoms with Gasteiger partial charge in [0, 0.05) is 15.7 Å². The van der Waals surface area contributed by atoms with E-state index in [-0.39, 0.29) is 5.91 Å². The molecule has 0 saturated carbocycles. The molecule has 0 fully saturated rings. The summed E-state index contributed by atoms with van der Waals surface area (Å²) in [6.45, 7) is 0.